The third kappa shape index (κ3) is 4.98. The number of nitrogens with one attached hydrogen (secondary N) is 1. The Balaban J connectivity index is 1.71. The first-order valence-corrected chi connectivity index (χ1v) is 12.7. The molecule has 0 bridgehead atoms. The van der Waals surface area contributed by atoms with Crippen LogP contribution in [0.3, 0.4) is 0 Å². The van der Waals surface area contributed by atoms with E-state index in [1.54, 1.807) is 43.5 Å². The average molecular weight is 528 g/mol. The zero-order valence-corrected chi connectivity index (χ0v) is 20.1. The van der Waals surface area contributed by atoms with Crippen molar-refractivity contribution < 1.29 is 21.6 Å². The summed E-state index contributed by atoms with van der Waals surface area (Å²) < 4.78 is 66.6. The fraction of sp³-hybridized carbons (Fsp3) is 0.160. The summed E-state index contributed by atoms with van der Waals surface area (Å²) in [4.78, 5) is 21.6. The SMILES string of the molecule is CC1C=C(C(F)(F)F)C=C(n2c(=O)ccc3cnc4ccc(-c5ccc(NS(N)(=O)=O)nc5)cc4c32)C1. The molecule has 0 saturated carbocycles. The number of allylic oxidation sites excluding steroid dienone is 4. The van der Waals surface area contributed by atoms with E-state index in [1.165, 1.54) is 29.0 Å². The summed E-state index contributed by atoms with van der Waals surface area (Å²) in [7, 11) is -3.98. The topological polar surface area (TPSA) is 120 Å². The summed E-state index contributed by atoms with van der Waals surface area (Å²) in [5.74, 6) is -0.377. The van der Waals surface area contributed by atoms with Crippen molar-refractivity contribution in [3.05, 3.63) is 82.9 Å². The molecule has 3 N–H and O–H groups in total. The smallest absolute Gasteiger partial charge is 0.280 e. The fourth-order valence-electron chi connectivity index (χ4n) is 4.46. The number of nitrogens with two attached hydrogens (primary N) is 1. The second kappa shape index (κ2) is 8.82. The highest BCUT2D eigenvalue weighted by molar-refractivity contribution is 7.90. The minimum atomic E-state index is -4.54. The maximum Gasteiger partial charge on any atom is 0.416 e. The van der Waals surface area contributed by atoms with Gasteiger partial charge in [0.15, 0.2) is 0 Å². The molecule has 4 aromatic rings. The number of hydrogen-bond donors (Lipinski definition) is 2. The van der Waals surface area contributed by atoms with E-state index in [0.29, 0.717) is 32.9 Å². The standard InChI is InChI=1S/C25H20F3N5O3S/c1-14-8-18(25(26,27)28)11-19(9-14)33-23(34)7-4-17-13-30-21-5-2-15(10-20(21)24(17)33)16-3-6-22(31-12-16)32-37(29,35)36/h2-8,10-14H,9H2,1H3,(H,31,32)(H2,29,35,36). The van der Waals surface area contributed by atoms with E-state index >= 15 is 0 Å². The van der Waals surface area contributed by atoms with Crippen molar-refractivity contribution in [2.45, 2.75) is 19.5 Å². The van der Waals surface area contributed by atoms with Gasteiger partial charge in [0.2, 0.25) is 0 Å². The van der Waals surface area contributed by atoms with Gasteiger partial charge in [0.25, 0.3) is 15.8 Å². The maximum absolute atomic E-state index is 13.6. The predicted molar refractivity (Wildman–Crippen MR) is 136 cm³/mol. The Labute approximate surface area is 209 Å². The van der Waals surface area contributed by atoms with Gasteiger partial charge < -0.3 is 0 Å². The number of fused-ring (bicyclic) bond motifs is 3. The van der Waals surface area contributed by atoms with Gasteiger partial charge in [-0.3, -0.25) is 19.1 Å². The first-order valence-electron chi connectivity index (χ1n) is 11.1. The lowest BCUT2D eigenvalue weighted by molar-refractivity contribution is -0.0888. The van der Waals surface area contributed by atoms with E-state index in [0.717, 1.165) is 6.08 Å². The molecular formula is C25H20F3N5O3S. The Morgan fingerprint density at radius 1 is 1.05 bits per heavy atom. The molecule has 3 heterocycles. The van der Waals surface area contributed by atoms with Crippen molar-refractivity contribution in [3.8, 4) is 11.1 Å². The Morgan fingerprint density at radius 2 is 1.81 bits per heavy atom. The van der Waals surface area contributed by atoms with E-state index in [9.17, 15) is 26.4 Å². The van der Waals surface area contributed by atoms with Crippen LogP contribution in [0.25, 0.3) is 38.6 Å². The summed E-state index contributed by atoms with van der Waals surface area (Å²) in [6.45, 7) is 1.67. The van der Waals surface area contributed by atoms with Gasteiger partial charge in [0.1, 0.15) is 5.82 Å². The summed E-state index contributed by atoms with van der Waals surface area (Å²) in [6.07, 6.45) is 0.936. The number of benzene rings is 1. The molecule has 1 aliphatic carbocycles. The minimum absolute atomic E-state index is 0.0415. The molecule has 1 unspecified atom stereocenters. The number of nitrogens with zero attached hydrogens (tertiary/aromatic N) is 3. The van der Waals surface area contributed by atoms with Crippen LogP contribution in [0.4, 0.5) is 19.0 Å². The highest BCUT2D eigenvalue weighted by Gasteiger charge is 2.35. The van der Waals surface area contributed by atoms with E-state index in [1.807, 2.05) is 0 Å². The van der Waals surface area contributed by atoms with Crippen molar-refractivity contribution in [1.82, 2.24) is 14.5 Å². The van der Waals surface area contributed by atoms with Crippen molar-refractivity contribution in [2.75, 3.05) is 4.72 Å². The van der Waals surface area contributed by atoms with Gasteiger partial charge in [0, 0.05) is 40.5 Å². The number of aromatic nitrogens is 3. The number of anilines is 1. The molecule has 8 nitrogen and oxygen atoms in total. The lowest BCUT2D eigenvalue weighted by Crippen LogP contribution is -2.23. The molecule has 190 valence electrons. The Hall–Kier alpha value is -4.03. The lowest BCUT2D eigenvalue weighted by atomic mass is 9.94. The van der Waals surface area contributed by atoms with E-state index in [4.69, 9.17) is 5.14 Å². The quantitative estimate of drug-likeness (QED) is 0.376. The molecular weight excluding hydrogens is 507 g/mol. The predicted octanol–water partition coefficient (Wildman–Crippen LogP) is 4.60. The fourth-order valence-corrected chi connectivity index (χ4v) is 4.87. The van der Waals surface area contributed by atoms with Crippen molar-refractivity contribution in [2.24, 2.45) is 11.1 Å². The van der Waals surface area contributed by atoms with Gasteiger partial charge in [-0.05, 0) is 54.3 Å². The molecule has 1 atom stereocenters. The van der Waals surface area contributed by atoms with Crippen molar-refractivity contribution in [1.29, 1.82) is 0 Å². The molecule has 5 rings (SSSR count). The first-order chi connectivity index (χ1) is 17.4. The molecule has 0 spiro atoms. The molecule has 0 saturated heterocycles. The van der Waals surface area contributed by atoms with E-state index in [-0.39, 0.29) is 17.9 Å². The van der Waals surface area contributed by atoms with Crippen LogP contribution in [-0.4, -0.2) is 29.1 Å². The zero-order chi connectivity index (χ0) is 26.5. The van der Waals surface area contributed by atoms with Crippen LogP contribution in [-0.2, 0) is 10.2 Å². The molecule has 3 aromatic heterocycles. The van der Waals surface area contributed by atoms with Crippen LogP contribution in [0.5, 0.6) is 0 Å². The highest BCUT2D eigenvalue weighted by atomic mass is 32.2. The Bertz CT molecular complexity index is 1780. The number of hydrogen-bond acceptors (Lipinski definition) is 5. The molecule has 1 aromatic carbocycles. The first kappa shape index (κ1) is 24.7. The van der Waals surface area contributed by atoms with Gasteiger partial charge in [-0.15, -0.1) is 0 Å². The molecule has 0 fully saturated rings. The summed E-state index contributed by atoms with van der Waals surface area (Å²) in [6, 6.07) is 11.3. The van der Waals surface area contributed by atoms with E-state index < -0.39 is 33.4 Å². The highest BCUT2D eigenvalue weighted by Crippen LogP contribution is 2.37. The van der Waals surface area contributed by atoms with Gasteiger partial charge in [0.05, 0.1) is 16.6 Å². The number of rotatable bonds is 4. The molecule has 12 heteroatoms. The molecule has 37 heavy (non-hydrogen) atoms. The Kier molecular flexibility index (Phi) is 5.88. The zero-order valence-electron chi connectivity index (χ0n) is 19.3. The average Bonchev–Trinajstić information content (AvgIpc) is 2.82. The molecule has 0 amide bonds. The third-order valence-electron chi connectivity index (χ3n) is 5.99. The number of pyridine rings is 3. The second-order valence-electron chi connectivity index (χ2n) is 8.82. The van der Waals surface area contributed by atoms with Crippen LogP contribution in [0.1, 0.15) is 13.3 Å². The van der Waals surface area contributed by atoms with Crippen LogP contribution in [0, 0.1) is 5.92 Å². The van der Waals surface area contributed by atoms with Crippen LogP contribution in [0.15, 0.2) is 77.4 Å². The molecule has 1 aliphatic rings. The summed E-state index contributed by atoms with van der Waals surface area (Å²) >= 11 is 0. The summed E-state index contributed by atoms with van der Waals surface area (Å²) in [5, 5.41) is 6.13. The van der Waals surface area contributed by atoms with Crippen molar-refractivity contribution in [3.63, 3.8) is 0 Å². The maximum atomic E-state index is 13.6. The number of halogens is 3. The molecule has 0 aliphatic heterocycles. The van der Waals surface area contributed by atoms with Gasteiger partial charge in [-0.25, -0.2) is 10.1 Å². The third-order valence-corrected chi connectivity index (χ3v) is 6.49. The normalized spacial score (nSPS) is 16.5. The molecule has 0 radical (unpaired) electrons. The van der Waals surface area contributed by atoms with Crippen LogP contribution >= 0.6 is 0 Å². The Morgan fingerprint density at radius 3 is 2.49 bits per heavy atom. The summed E-state index contributed by atoms with van der Waals surface area (Å²) in [5.41, 5.74) is 1.32. The second-order valence-corrected chi connectivity index (χ2v) is 10.1. The largest absolute Gasteiger partial charge is 0.416 e. The number of alkyl halides is 3. The van der Waals surface area contributed by atoms with Gasteiger partial charge >= 0.3 is 6.18 Å². The minimum Gasteiger partial charge on any atom is -0.280 e. The van der Waals surface area contributed by atoms with Crippen LogP contribution < -0.4 is 15.4 Å². The van der Waals surface area contributed by atoms with Crippen molar-refractivity contribution >= 4 is 43.5 Å². The van der Waals surface area contributed by atoms with E-state index in [2.05, 4.69) is 14.7 Å². The monoisotopic (exact) mass is 527 g/mol. The van der Waals surface area contributed by atoms with Gasteiger partial charge in [-0.2, -0.15) is 21.6 Å². The van der Waals surface area contributed by atoms with Gasteiger partial charge in [-0.1, -0.05) is 19.1 Å². The van der Waals surface area contributed by atoms with Crippen LogP contribution in [0.2, 0.25) is 0 Å². The lowest BCUT2D eigenvalue weighted by Gasteiger charge is -2.23.